The number of likely N-dealkylation sites (tertiary alicyclic amines) is 1. The molecule has 1 aliphatic heterocycles. The Hall–Kier alpha value is 0.210. The second-order valence-electron chi connectivity index (χ2n) is 6.96. The van der Waals surface area contributed by atoms with Crippen LogP contribution in [0.2, 0.25) is 0 Å². The molecule has 1 heterocycles. The van der Waals surface area contributed by atoms with Gasteiger partial charge in [-0.05, 0) is 58.2 Å². The number of hydrogen-bond donors (Lipinski definition) is 1. The number of nitrogens with one attached hydrogen (secondary N) is 1. The SMILES string of the molecule is CC1CCCC(CCl)(NCCC2CCCCN2C)C1. The first-order chi connectivity index (χ1) is 9.15. The van der Waals surface area contributed by atoms with Crippen molar-refractivity contribution in [1.82, 2.24) is 10.2 Å². The highest BCUT2D eigenvalue weighted by atomic mass is 35.5. The molecule has 3 atom stereocenters. The van der Waals surface area contributed by atoms with Crippen LogP contribution in [0.15, 0.2) is 0 Å². The van der Waals surface area contributed by atoms with E-state index in [0.29, 0.717) is 0 Å². The van der Waals surface area contributed by atoms with Crippen LogP contribution in [-0.4, -0.2) is 42.5 Å². The predicted octanol–water partition coefficient (Wildman–Crippen LogP) is 3.64. The molecule has 0 bridgehead atoms. The second kappa shape index (κ2) is 7.28. The van der Waals surface area contributed by atoms with Crippen LogP contribution in [0.5, 0.6) is 0 Å². The fourth-order valence-electron chi connectivity index (χ4n) is 4.00. The molecule has 0 spiro atoms. The molecule has 0 aromatic carbocycles. The lowest BCUT2D eigenvalue weighted by molar-refractivity contribution is 0.161. The van der Waals surface area contributed by atoms with Gasteiger partial charge in [0.05, 0.1) is 0 Å². The highest BCUT2D eigenvalue weighted by Crippen LogP contribution is 2.33. The molecular formula is C16H31ClN2. The summed E-state index contributed by atoms with van der Waals surface area (Å²) in [5.41, 5.74) is 0.229. The van der Waals surface area contributed by atoms with Gasteiger partial charge in [-0.15, -0.1) is 11.6 Å². The van der Waals surface area contributed by atoms with Gasteiger partial charge in [0.2, 0.25) is 0 Å². The number of hydrogen-bond acceptors (Lipinski definition) is 2. The van der Waals surface area contributed by atoms with Crippen molar-refractivity contribution in [3.05, 3.63) is 0 Å². The van der Waals surface area contributed by atoms with Crippen LogP contribution in [0.25, 0.3) is 0 Å². The van der Waals surface area contributed by atoms with E-state index in [1.165, 1.54) is 57.9 Å². The van der Waals surface area contributed by atoms with Crippen LogP contribution in [-0.2, 0) is 0 Å². The fourth-order valence-corrected chi connectivity index (χ4v) is 4.34. The van der Waals surface area contributed by atoms with Gasteiger partial charge in [-0.3, -0.25) is 0 Å². The van der Waals surface area contributed by atoms with Gasteiger partial charge in [-0.25, -0.2) is 0 Å². The number of piperidine rings is 1. The van der Waals surface area contributed by atoms with Crippen molar-refractivity contribution >= 4 is 11.6 Å². The van der Waals surface area contributed by atoms with Gasteiger partial charge in [0.1, 0.15) is 0 Å². The lowest BCUT2D eigenvalue weighted by Crippen LogP contribution is -2.51. The first kappa shape index (κ1) is 15.6. The molecule has 1 N–H and O–H groups in total. The third-order valence-corrected chi connectivity index (χ3v) is 5.76. The second-order valence-corrected chi connectivity index (χ2v) is 7.23. The Kier molecular flexibility index (Phi) is 5.98. The van der Waals surface area contributed by atoms with E-state index in [-0.39, 0.29) is 5.54 Å². The predicted molar refractivity (Wildman–Crippen MR) is 84.0 cm³/mol. The molecule has 1 aliphatic carbocycles. The maximum Gasteiger partial charge on any atom is 0.0406 e. The summed E-state index contributed by atoms with van der Waals surface area (Å²) in [6, 6.07) is 0.787. The first-order valence-electron chi connectivity index (χ1n) is 8.16. The van der Waals surface area contributed by atoms with E-state index in [2.05, 4.69) is 24.2 Å². The van der Waals surface area contributed by atoms with Gasteiger partial charge in [-0.1, -0.05) is 26.2 Å². The van der Waals surface area contributed by atoms with Crippen molar-refractivity contribution in [1.29, 1.82) is 0 Å². The zero-order valence-electron chi connectivity index (χ0n) is 12.8. The molecule has 0 aromatic heterocycles. The first-order valence-corrected chi connectivity index (χ1v) is 8.70. The average molecular weight is 287 g/mol. The van der Waals surface area contributed by atoms with E-state index >= 15 is 0 Å². The summed E-state index contributed by atoms with van der Waals surface area (Å²) >= 11 is 6.28. The third-order valence-electron chi connectivity index (χ3n) is 5.25. The van der Waals surface area contributed by atoms with E-state index in [4.69, 9.17) is 11.6 Å². The zero-order chi connectivity index (χ0) is 13.7. The lowest BCUT2D eigenvalue weighted by atomic mass is 9.77. The van der Waals surface area contributed by atoms with Crippen LogP contribution in [0.4, 0.5) is 0 Å². The Morgan fingerprint density at radius 3 is 2.79 bits per heavy atom. The minimum Gasteiger partial charge on any atom is -0.310 e. The summed E-state index contributed by atoms with van der Waals surface area (Å²) in [7, 11) is 2.28. The Morgan fingerprint density at radius 1 is 1.26 bits per heavy atom. The van der Waals surface area contributed by atoms with Crippen molar-refractivity contribution in [3.63, 3.8) is 0 Å². The number of halogens is 1. The quantitative estimate of drug-likeness (QED) is 0.776. The normalized spacial score (nSPS) is 37.4. The van der Waals surface area contributed by atoms with Crippen molar-refractivity contribution in [3.8, 4) is 0 Å². The summed E-state index contributed by atoms with van der Waals surface area (Å²) in [5, 5.41) is 3.82. The maximum absolute atomic E-state index is 6.28. The summed E-state index contributed by atoms with van der Waals surface area (Å²) in [6.45, 7) is 4.79. The molecule has 3 unspecified atom stereocenters. The van der Waals surface area contributed by atoms with E-state index in [1.54, 1.807) is 0 Å². The molecule has 2 aliphatic rings. The highest BCUT2D eigenvalue weighted by molar-refractivity contribution is 6.18. The van der Waals surface area contributed by atoms with Gasteiger partial charge < -0.3 is 10.2 Å². The van der Waals surface area contributed by atoms with Gasteiger partial charge in [0.15, 0.2) is 0 Å². The topological polar surface area (TPSA) is 15.3 Å². The third kappa shape index (κ3) is 4.34. The van der Waals surface area contributed by atoms with Crippen LogP contribution >= 0.6 is 11.6 Å². The molecule has 1 saturated carbocycles. The van der Waals surface area contributed by atoms with Crippen molar-refractivity contribution in [2.24, 2.45) is 5.92 Å². The monoisotopic (exact) mass is 286 g/mol. The molecule has 2 fully saturated rings. The molecule has 1 saturated heterocycles. The van der Waals surface area contributed by atoms with Crippen molar-refractivity contribution in [2.45, 2.75) is 69.9 Å². The smallest absolute Gasteiger partial charge is 0.0406 e. The van der Waals surface area contributed by atoms with E-state index in [9.17, 15) is 0 Å². The van der Waals surface area contributed by atoms with E-state index in [1.807, 2.05) is 0 Å². The van der Waals surface area contributed by atoms with Crippen LogP contribution < -0.4 is 5.32 Å². The van der Waals surface area contributed by atoms with E-state index < -0.39 is 0 Å². The van der Waals surface area contributed by atoms with Gasteiger partial charge in [-0.2, -0.15) is 0 Å². The Bertz CT molecular complexity index is 271. The molecule has 0 aromatic rings. The van der Waals surface area contributed by atoms with Gasteiger partial charge >= 0.3 is 0 Å². The number of rotatable bonds is 5. The molecule has 2 rings (SSSR count). The average Bonchev–Trinajstić information content (AvgIpc) is 2.41. The molecular weight excluding hydrogens is 256 g/mol. The van der Waals surface area contributed by atoms with Crippen LogP contribution in [0.1, 0.15) is 58.3 Å². The molecule has 0 amide bonds. The zero-order valence-corrected chi connectivity index (χ0v) is 13.5. The largest absolute Gasteiger partial charge is 0.310 e. The molecule has 0 radical (unpaired) electrons. The number of alkyl halides is 1. The van der Waals surface area contributed by atoms with Crippen LogP contribution in [0, 0.1) is 5.92 Å². The number of nitrogens with zero attached hydrogens (tertiary/aromatic N) is 1. The highest BCUT2D eigenvalue weighted by Gasteiger charge is 2.33. The lowest BCUT2D eigenvalue weighted by Gasteiger charge is -2.40. The standard InChI is InChI=1S/C16H31ClN2/c1-14-6-5-9-16(12-14,13-17)18-10-8-15-7-3-4-11-19(15)2/h14-15,18H,3-13H2,1-2H3. The minimum absolute atomic E-state index is 0.229. The molecule has 2 nitrogen and oxygen atoms in total. The van der Waals surface area contributed by atoms with Gasteiger partial charge in [0.25, 0.3) is 0 Å². The maximum atomic E-state index is 6.28. The van der Waals surface area contributed by atoms with E-state index in [0.717, 1.165) is 24.4 Å². The summed E-state index contributed by atoms with van der Waals surface area (Å²) < 4.78 is 0. The summed E-state index contributed by atoms with van der Waals surface area (Å²) in [5.74, 6) is 1.61. The summed E-state index contributed by atoms with van der Waals surface area (Å²) in [4.78, 5) is 2.54. The summed E-state index contributed by atoms with van der Waals surface area (Å²) in [6.07, 6.45) is 10.7. The molecule has 112 valence electrons. The van der Waals surface area contributed by atoms with Crippen molar-refractivity contribution < 1.29 is 0 Å². The molecule has 19 heavy (non-hydrogen) atoms. The fraction of sp³-hybridized carbons (Fsp3) is 1.00. The Labute approximate surface area is 124 Å². The Balaban J connectivity index is 1.76. The van der Waals surface area contributed by atoms with Gasteiger partial charge in [0, 0.05) is 17.5 Å². The van der Waals surface area contributed by atoms with Crippen LogP contribution in [0.3, 0.4) is 0 Å². The van der Waals surface area contributed by atoms with Crippen molar-refractivity contribution in [2.75, 3.05) is 26.0 Å². The molecule has 3 heteroatoms. The Morgan fingerprint density at radius 2 is 2.11 bits per heavy atom. The minimum atomic E-state index is 0.229.